The Hall–Kier alpha value is -13.0. The van der Waals surface area contributed by atoms with E-state index in [0.717, 1.165) is 110 Å². The van der Waals surface area contributed by atoms with Crippen molar-refractivity contribution >= 4 is 131 Å². The van der Waals surface area contributed by atoms with Crippen molar-refractivity contribution in [2.24, 2.45) is 0 Å². The first-order valence-corrected chi connectivity index (χ1v) is 31.9. The Morgan fingerprint density at radius 1 is 0.206 bits per heavy atom. The molecule has 0 N–H and O–H groups in total. The fourth-order valence-electron chi connectivity index (χ4n) is 16.0. The summed E-state index contributed by atoms with van der Waals surface area (Å²) in [6, 6.07) is 94.7. The summed E-state index contributed by atoms with van der Waals surface area (Å²) in [5, 5.41) is 22.7. The normalized spacial score (nSPS) is 12.2. The minimum Gasteiger partial charge on any atom is -0.309 e. The van der Waals surface area contributed by atoms with Crippen LogP contribution in [0.4, 0.5) is 22.0 Å². The predicted molar refractivity (Wildman–Crippen MR) is 382 cm³/mol. The Balaban J connectivity index is 0.973. The Morgan fingerprint density at radius 2 is 0.412 bits per heavy atom. The lowest BCUT2D eigenvalue weighted by Crippen LogP contribution is -2.10. The molecule has 12 heteroatoms. The molecule has 0 bridgehead atoms. The largest absolute Gasteiger partial charge is 0.309 e. The number of nitriles is 1. The zero-order valence-corrected chi connectivity index (χ0v) is 51.1. The molecule has 0 aliphatic carbocycles. The summed E-state index contributed by atoms with van der Waals surface area (Å²) in [7, 11) is 0. The number of fused-ring (bicyclic) bond motifs is 18. The van der Waals surface area contributed by atoms with Crippen LogP contribution in [0.2, 0.25) is 0 Å². The van der Waals surface area contributed by atoms with Crippen LogP contribution < -0.4 is 0 Å². The Labute approximate surface area is 547 Å². The second-order valence-electron chi connectivity index (χ2n) is 24.9. The summed E-state index contributed by atoms with van der Waals surface area (Å²) >= 11 is 0. The van der Waals surface area contributed by atoms with Gasteiger partial charge in [0.1, 0.15) is 0 Å². The molecule has 0 amide bonds. The van der Waals surface area contributed by atoms with E-state index in [2.05, 4.69) is 121 Å². The van der Waals surface area contributed by atoms with E-state index in [9.17, 15) is 5.26 Å². The lowest BCUT2D eigenvalue weighted by atomic mass is 9.96. The van der Waals surface area contributed by atoms with Gasteiger partial charge >= 0.3 is 0 Å². The summed E-state index contributed by atoms with van der Waals surface area (Å²) in [6.07, 6.45) is 0. The minimum absolute atomic E-state index is 0.0249. The van der Waals surface area contributed by atoms with Crippen molar-refractivity contribution in [2.45, 2.75) is 0 Å². The van der Waals surface area contributed by atoms with E-state index < -0.39 is 34.6 Å². The second kappa shape index (κ2) is 20.3. The van der Waals surface area contributed by atoms with Gasteiger partial charge < -0.3 is 27.4 Å². The van der Waals surface area contributed by atoms with Crippen molar-refractivity contribution in [1.29, 1.82) is 5.26 Å². The summed E-state index contributed by atoms with van der Waals surface area (Å²) in [4.78, 5) is 0. The highest BCUT2D eigenvalue weighted by molar-refractivity contribution is 6.17. The van der Waals surface area contributed by atoms with Crippen molar-refractivity contribution in [2.75, 3.05) is 0 Å². The van der Waals surface area contributed by atoms with Crippen LogP contribution in [0.3, 0.4) is 0 Å². The van der Waals surface area contributed by atoms with Crippen LogP contribution in [0, 0.1) is 40.4 Å². The SMILES string of the molecule is N#Cc1cc(-n2c3cc(-n4c5ccccc5c5ccccc54)ccc3c3ccc(-n4c5ccccc5c5ccccc54)cc32)c(-c2c(F)c(F)c(F)c(F)c2F)c(-n2c3cc(-n4c5ccccc5c5ccccc54)ccc3c3ccc(-n4c5ccccc5c5ccccc54)cc32)c1. The fourth-order valence-corrected chi connectivity index (χ4v) is 16.0. The lowest BCUT2D eigenvalue weighted by Gasteiger charge is -2.22. The van der Waals surface area contributed by atoms with E-state index in [-0.39, 0.29) is 22.5 Å². The molecule has 7 nitrogen and oxygen atoms in total. The molecule has 0 radical (unpaired) electrons. The van der Waals surface area contributed by atoms with Gasteiger partial charge in [0, 0.05) is 92.9 Å². The monoisotopic (exact) mass is 1260 g/mol. The van der Waals surface area contributed by atoms with Crippen LogP contribution in [-0.2, 0) is 0 Å². The van der Waals surface area contributed by atoms with Crippen molar-refractivity contribution in [3.8, 4) is 51.3 Å². The van der Waals surface area contributed by atoms with Crippen LogP contribution in [-0.4, -0.2) is 27.4 Å². The van der Waals surface area contributed by atoms with E-state index in [1.807, 2.05) is 179 Å². The van der Waals surface area contributed by atoms with Gasteiger partial charge in [0.15, 0.2) is 23.3 Å². The molecular formula is C85H46F5N7. The van der Waals surface area contributed by atoms with Crippen molar-refractivity contribution in [1.82, 2.24) is 27.4 Å². The van der Waals surface area contributed by atoms with Crippen LogP contribution in [0.15, 0.2) is 279 Å². The number of halogens is 5. The predicted octanol–water partition coefficient (Wildman–Crippen LogP) is 22.5. The van der Waals surface area contributed by atoms with Crippen molar-refractivity contribution in [3.63, 3.8) is 0 Å². The number of hydrogen-bond acceptors (Lipinski definition) is 1. The molecule has 14 aromatic carbocycles. The average molecular weight is 1260 g/mol. The third-order valence-corrected chi connectivity index (χ3v) is 20.0. The Kier molecular flexibility index (Phi) is 11.4. The quantitative estimate of drug-likeness (QED) is 0.0891. The van der Waals surface area contributed by atoms with E-state index in [1.54, 1.807) is 0 Å². The number of rotatable bonds is 7. The number of nitrogens with zero attached hydrogens (tertiary/aromatic N) is 7. The van der Waals surface area contributed by atoms with Gasteiger partial charge in [-0.05, 0) is 109 Å². The molecule has 0 aliphatic rings. The maximum Gasteiger partial charge on any atom is 0.200 e. The fraction of sp³-hybridized carbons (Fsp3) is 0. The van der Waals surface area contributed by atoms with E-state index in [0.29, 0.717) is 43.6 Å². The average Bonchev–Trinajstić information content (AvgIpc) is 1.60. The topological polar surface area (TPSA) is 53.4 Å². The van der Waals surface area contributed by atoms with Gasteiger partial charge in [-0.2, -0.15) is 5.26 Å². The standard InChI is InChI=1S/C85H46F5N7/c86-81-80(82(87)84(89)85(90)83(81)88)79-77(96-73-43-49(92-65-25-9-1-17-53(65)54-18-2-10-26-66(54)92)33-37-61(73)62-38-34-50(44-74(62)96)93-67-27-11-3-19-55(67)56-20-4-12-28-68(56)93)41-48(47-91)42-78(79)97-75-45-51(94-69-29-13-5-21-57(69)58-22-6-14-30-70(58)94)35-39-63(75)64-40-36-52(46-76(64)97)95-71-31-15-7-23-59(71)60-24-8-16-32-72(60)95/h1-46H. The van der Waals surface area contributed by atoms with Gasteiger partial charge in [-0.25, -0.2) is 22.0 Å². The summed E-state index contributed by atoms with van der Waals surface area (Å²) in [5.74, 6) is -10.6. The van der Waals surface area contributed by atoms with Crippen LogP contribution in [0.25, 0.3) is 176 Å². The third-order valence-electron chi connectivity index (χ3n) is 20.0. The van der Waals surface area contributed by atoms with Gasteiger partial charge in [0.05, 0.1) is 94.8 Å². The minimum atomic E-state index is -2.30. The molecule has 20 aromatic rings. The zero-order valence-electron chi connectivity index (χ0n) is 51.1. The number of aromatic nitrogens is 6. The lowest BCUT2D eigenvalue weighted by molar-refractivity contribution is 0.381. The van der Waals surface area contributed by atoms with E-state index >= 15 is 22.0 Å². The first kappa shape index (κ1) is 54.6. The van der Waals surface area contributed by atoms with Gasteiger partial charge in [0.25, 0.3) is 0 Å². The number of hydrogen-bond donors (Lipinski definition) is 0. The van der Waals surface area contributed by atoms with Gasteiger partial charge in [-0.3, -0.25) is 0 Å². The molecule has 6 aromatic heterocycles. The van der Waals surface area contributed by atoms with Gasteiger partial charge in [0.2, 0.25) is 5.82 Å². The molecule has 0 saturated heterocycles. The molecule has 0 saturated carbocycles. The van der Waals surface area contributed by atoms with E-state index in [1.165, 1.54) is 12.1 Å². The zero-order chi connectivity index (χ0) is 64.6. The second-order valence-corrected chi connectivity index (χ2v) is 24.9. The molecule has 0 aliphatic heterocycles. The molecule has 0 spiro atoms. The molecule has 97 heavy (non-hydrogen) atoms. The Morgan fingerprint density at radius 3 is 0.639 bits per heavy atom. The first-order chi connectivity index (χ1) is 47.7. The molecule has 0 fully saturated rings. The highest BCUT2D eigenvalue weighted by atomic mass is 19.2. The smallest absolute Gasteiger partial charge is 0.200 e. The molecule has 456 valence electrons. The van der Waals surface area contributed by atoms with Gasteiger partial charge in [-0.1, -0.05) is 170 Å². The molecule has 20 rings (SSSR count). The first-order valence-electron chi connectivity index (χ1n) is 31.9. The Bertz CT molecular complexity index is 5970. The third kappa shape index (κ3) is 7.53. The maximum atomic E-state index is 18.1. The maximum absolute atomic E-state index is 18.1. The summed E-state index contributed by atoms with van der Waals surface area (Å²) in [6.45, 7) is 0. The van der Waals surface area contributed by atoms with Crippen molar-refractivity contribution < 1.29 is 22.0 Å². The van der Waals surface area contributed by atoms with Crippen LogP contribution >= 0.6 is 0 Å². The number of para-hydroxylation sites is 8. The molecule has 0 unspecified atom stereocenters. The van der Waals surface area contributed by atoms with Crippen LogP contribution in [0.1, 0.15) is 5.56 Å². The molecule has 0 atom stereocenters. The summed E-state index contributed by atoms with van der Waals surface area (Å²) in [5.41, 5.74) is 10.8. The van der Waals surface area contributed by atoms with E-state index in [4.69, 9.17) is 0 Å². The summed E-state index contributed by atoms with van der Waals surface area (Å²) < 4.78 is 98.3. The molecule has 6 heterocycles. The van der Waals surface area contributed by atoms with Crippen molar-refractivity contribution in [3.05, 3.63) is 314 Å². The van der Waals surface area contributed by atoms with Crippen LogP contribution in [0.5, 0.6) is 0 Å². The van der Waals surface area contributed by atoms with Gasteiger partial charge in [-0.15, -0.1) is 0 Å². The highest BCUT2D eigenvalue weighted by Gasteiger charge is 2.34. The number of benzene rings is 14. The highest BCUT2D eigenvalue weighted by Crippen LogP contribution is 2.48. The molecular weight excluding hydrogens is 1210 g/mol.